The third-order valence-corrected chi connectivity index (χ3v) is 6.00. The quantitative estimate of drug-likeness (QED) is 0.639. The highest BCUT2D eigenvalue weighted by Gasteiger charge is 2.55. The van der Waals surface area contributed by atoms with Crippen molar-refractivity contribution < 1.29 is 14.4 Å². The van der Waals surface area contributed by atoms with Crippen molar-refractivity contribution in [1.82, 2.24) is 5.43 Å². The number of hydrogen-bond acceptors (Lipinski definition) is 5. The number of aryl methyl sites for hydroxylation is 1. The summed E-state index contributed by atoms with van der Waals surface area (Å²) in [4.78, 5) is 41.3. The van der Waals surface area contributed by atoms with Crippen LogP contribution in [0.15, 0.2) is 90.0 Å². The summed E-state index contributed by atoms with van der Waals surface area (Å²) in [7, 11) is 0. The number of carbonyl (C=O) groups excluding carboxylic acids is 3. The van der Waals surface area contributed by atoms with E-state index in [1.54, 1.807) is 12.1 Å². The number of amides is 2. The van der Waals surface area contributed by atoms with E-state index in [9.17, 15) is 14.4 Å². The molecule has 3 aromatic carbocycles. The Bertz CT molecular complexity index is 1180. The van der Waals surface area contributed by atoms with Gasteiger partial charge in [-0.2, -0.15) is 5.10 Å². The third kappa shape index (κ3) is 3.21. The van der Waals surface area contributed by atoms with Gasteiger partial charge in [-0.1, -0.05) is 78.4 Å². The zero-order valence-electron chi connectivity index (χ0n) is 17.4. The van der Waals surface area contributed by atoms with Crippen LogP contribution in [-0.4, -0.2) is 29.4 Å². The summed E-state index contributed by atoms with van der Waals surface area (Å²) in [6, 6.07) is 25.1. The predicted molar refractivity (Wildman–Crippen MR) is 121 cm³/mol. The summed E-state index contributed by atoms with van der Waals surface area (Å²) in [6.45, 7) is 1.93. The van der Waals surface area contributed by atoms with Crippen LogP contribution in [0.25, 0.3) is 0 Å². The Morgan fingerprint density at radius 3 is 1.97 bits per heavy atom. The number of fused-ring (bicyclic) bond motifs is 1. The minimum atomic E-state index is -0.939. The normalized spacial score (nSPS) is 19.7. The number of ketones is 1. The van der Waals surface area contributed by atoms with E-state index in [-0.39, 0.29) is 11.5 Å². The molecule has 2 atom stereocenters. The maximum Gasteiger partial charge on any atom is 0.259 e. The van der Waals surface area contributed by atoms with Crippen LogP contribution in [0.4, 0.5) is 5.69 Å². The number of carbonyl (C=O) groups is 3. The molecule has 0 saturated carbocycles. The Morgan fingerprint density at radius 1 is 0.844 bits per heavy atom. The van der Waals surface area contributed by atoms with Crippen molar-refractivity contribution in [2.45, 2.75) is 18.9 Å². The molecular weight excluding hydrogens is 402 g/mol. The minimum Gasteiger partial charge on any atom is -0.296 e. The summed E-state index contributed by atoms with van der Waals surface area (Å²) < 4.78 is 0. The summed E-state index contributed by atoms with van der Waals surface area (Å²) in [5.74, 6) is -2.67. The average molecular weight is 423 g/mol. The summed E-state index contributed by atoms with van der Waals surface area (Å²) in [5.41, 5.74) is 5.99. The summed E-state index contributed by atoms with van der Waals surface area (Å²) in [6.07, 6.45) is 0. The number of Topliss-reactive ketones (excluding diaryl/α,β-unsaturated/α-hetero) is 1. The summed E-state index contributed by atoms with van der Waals surface area (Å²) >= 11 is 0. The molecule has 0 bridgehead atoms. The molecule has 2 heterocycles. The molecule has 1 fully saturated rings. The number of hydrogen-bond donors (Lipinski definition) is 1. The Hall–Kier alpha value is -4.06. The van der Waals surface area contributed by atoms with Crippen LogP contribution in [0.2, 0.25) is 0 Å². The van der Waals surface area contributed by atoms with Gasteiger partial charge in [-0.25, -0.2) is 4.90 Å². The number of nitrogens with zero attached hydrogens (tertiary/aromatic N) is 2. The molecule has 0 radical (unpaired) electrons. The fourth-order valence-electron chi connectivity index (χ4n) is 4.38. The first-order valence-electron chi connectivity index (χ1n) is 10.5. The second-order valence-electron chi connectivity index (χ2n) is 8.05. The van der Waals surface area contributed by atoms with Gasteiger partial charge in [-0.05, 0) is 30.2 Å². The molecule has 2 aliphatic heterocycles. The molecular formula is C26H21N3O3. The van der Waals surface area contributed by atoms with Crippen molar-refractivity contribution in [3.63, 3.8) is 0 Å². The Balaban J connectivity index is 1.51. The third-order valence-electron chi connectivity index (χ3n) is 6.00. The standard InChI is InChI=1S/C26H21N3O3/c1-16-12-14-19(15-13-16)29-25(31)21-22(27-28-23(21)26(29)32)24(30)20(17-8-4-2-5-9-17)18-10-6-3-7-11-18/h2-15,20-21,23,28H,1H3/t21-,23-/m1/s1. The van der Waals surface area contributed by atoms with Gasteiger partial charge in [0.1, 0.15) is 17.7 Å². The largest absolute Gasteiger partial charge is 0.296 e. The smallest absolute Gasteiger partial charge is 0.259 e. The van der Waals surface area contributed by atoms with Crippen molar-refractivity contribution in [2.24, 2.45) is 11.0 Å². The fourth-order valence-corrected chi connectivity index (χ4v) is 4.38. The topological polar surface area (TPSA) is 78.8 Å². The highest BCUT2D eigenvalue weighted by Crippen LogP contribution is 2.34. The number of anilines is 1. The van der Waals surface area contributed by atoms with E-state index >= 15 is 0 Å². The number of benzene rings is 3. The van der Waals surface area contributed by atoms with E-state index in [1.807, 2.05) is 79.7 Å². The summed E-state index contributed by atoms with van der Waals surface area (Å²) in [5, 5.41) is 4.18. The van der Waals surface area contributed by atoms with Crippen LogP contribution in [-0.2, 0) is 14.4 Å². The van der Waals surface area contributed by atoms with Crippen molar-refractivity contribution in [3.05, 3.63) is 102 Å². The van der Waals surface area contributed by atoms with Crippen LogP contribution in [0.1, 0.15) is 22.6 Å². The fraction of sp³-hybridized carbons (Fsp3) is 0.154. The highest BCUT2D eigenvalue weighted by molar-refractivity contribution is 6.50. The van der Waals surface area contributed by atoms with Gasteiger partial charge < -0.3 is 0 Å². The Kier molecular flexibility index (Phi) is 4.90. The van der Waals surface area contributed by atoms with Crippen molar-refractivity contribution in [2.75, 3.05) is 4.90 Å². The van der Waals surface area contributed by atoms with Gasteiger partial charge in [0.25, 0.3) is 5.91 Å². The first-order valence-corrected chi connectivity index (χ1v) is 10.5. The van der Waals surface area contributed by atoms with Gasteiger partial charge in [-0.15, -0.1) is 0 Å². The zero-order valence-corrected chi connectivity index (χ0v) is 17.4. The second kappa shape index (κ2) is 7.89. The van der Waals surface area contributed by atoms with Gasteiger partial charge >= 0.3 is 0 Å². The zero-order chi connectivity index (χ0) is 22.2. The average Bonchev–Trinajstić information content (AvgIpc) is 3.36. The molecule has 1 saturated heterocycles. The molecule has 0 aromatic heterocycles. The van der Waals surface area contributed by atoms with Crippen LogP contribution >= 0.6 is 0 Å². The van der Waals surface area contributed by atoms with Gasteiger partial charge in [-0.3, -0.25) is 19.8 Å². The molecule has 6 heteroatoms. The number of rotatable bonds is 5. The first kappa shape index (κ1) is 19.9. The molecule has 1 N–H and O–H groups in total. The van der Waals surface area contributed by atoms with Gasteiger partial charge in [0.15, 0.2) is 5.78 Å². The number of imide groups is 1. The second-order valence-corrected chi connectivity index (χ2v) is 8.05. The molecule has 5 rings (SSSR count). The van der Waals surface area contributed by atoms with E-state index < -0.39 is 29.7 Å². The van der Waals surface area contributed by atoms with Gasteiger partial charge in [0.2, 0.25) is 5.91 Å². The van der Waals surface area contributed by atoms with Gasteiger partial charge in [0, 0.05) is 0 Å². The molecule has 2 amide bonds. The minimum absolute atomic E-state index is 0.0978. The van der Waals surface area contributed by atoms with Crippen LogP contribution in [0, 0.1) is 12.8 Å². The molecule has 0 unspecified atom stereocenters. The lowest BCUT2D eigenvalue weighted by Crippen LogP contribution is -2.36. The monoisotopic (exact) mass is 423 g/mol. The predicted octanol–water partition coefficient (Wildman–Crippen LogP) is 3.21. The lowest BCUT2D eigenvalue weighted by molar-refractivity contribution is -0.122. The van der Waals surface area contributed by atoms with Crippen molar-refractivity contribution in [3.8, 4) is 0 Å². The van der Waals surface area contributed by atoms with E-state index in [1.165, 1.54) is 0 Å². The Morgan fingerprint density at radius 2 is 1.41 bits per heavy atom. The van der Waals surface area contributed by atoms with E-state index in [0.29, 0.717) is 5.69 Å². The molecule has 6 nitrogen and oxygen atoms in total. The number of hydrazone groups is 1. The highest BCUT2D eigenvalue weighted by atomic mass is 16.2. The first-order chi connectivity index (χ1) is 15.6. The number of nitrogens with one attached hydrogen (secondary N) is 1. The van der Waals surface area contributed by atoms with Crippen molar-refractivity contribution in [1.29, 1.82) is 0 Å². The van der Waals surface area contributed by atoms with E-state index in [0.717, 1.165) is 21.6 Å². The van der Waals surface area contributed by atoms with Gasteiger partial charge in [0.05, 0.1) is 11.6 Å². The molecule has 0 spiro atoms. The van der Waals surface area contributed by atoms with Crippen LogP contribution < -0.4 is 10.3 Å². The molecule has 158 valence electrons. The molecule has 32 heavy (non-hydrogen) atoms. The lowest BCUT2D eigenvalue weighted by Gasteiger charge is -2.19. The molecule has 3 aromatic rings. The maximum absolute atomic E-state index is 13.8. The maximum atomic E-state index is 13.8. The van der Waals surface area contributed by atoms with Crippen LogP contribution in [0.5, 0.6) is 0 Å². The van der Waals surface area contributed by atoms with E-state index in [2.05, 4.69) is 10.5 Å². The van der Waals surface area contributed by atoms with E-state index in [4.69, 9.17) is 0 Å². The lowest BCUT2D eigenvalue weighted by atomic mass is 9.82. The SMILES string of the molecule is Cc1ccc(N2C(=O)[C@@H]3C(C(=O)C(c4ccccc4)c4ccccc4)=NN[C@H]3C2=O)cc1. The molecule has 2 aliphatic rings. The van der Waals surface area contributed by atoms with Crippen molar-refractivity contribution >= 4 is 29.0 Å². The van der Waals surface area contributed by atoms with Crippen LogP contribution in [0.3, 0.4) is 0 Å². The molecule has 0 aliphatic carbocycles. The Labute approximate surface area is 185 Å².